The number of hydrogen-bond donors (Lipinski definition) is 2. The molecule has 0 bridgehead atoms. The minimum atomic E-state index is -0.392. The zero-order chi connectivity index (χ0) is 20.1. The van der Waals surface area contributed by atoms with Crippen LogP contribution < -0.4 is 15.4 Å². The van der Waals surface area contributed by atoms with Gasteiger partial charge in [-0.25, -0.2) is 4.98 Å². The molecule has 0 aliphatic heterocycles. The molecule has 28 heavy (non-hydrogen) atoms. The highest BCUT2D eigenvalue weighted by molar-refractivity contribution is 9.11. The van der Waals surface area contributed by atoms with E-state index in [1.165, 1.54) is 11.3 Å². The molecular weight excluding hydrogens is 578 g/mol. The van der Waals surface area contributed by atoms with Gasteiger partial charge in [0.1, 0.15) is 5.75 Å². The molecule has 0 fully saturated rings. The molecule has 144 valence electrons. The van der Waals surface area contributed by atoms with Crippen LogP contribution in [0.15, 0.2) is 61.4 Å². The minimum absolute atomic E-state index is 0.221. The Morgan fingerprint density at radius 1 is 1.07 bits per heavy atom. The summed E-state index contributed by atoms with van der Waals surface area (Å²) >= 11 is 11.5. The molecule has 10 heteroatoms. The number of thiazole rings is 1. The van der Waals surface area contributed by atoms with Crippen LogP contribution in [0.3, 0.4) is 0 Å². The van der Waals surface area contributed by atoms with E-state index in [1.54, 1.807) is 35.8 Å². The molecule has 0 radical (unpaired) electrons. The minimum Gasteiger partial charge on any atom is -0.481 e. The number of para-hydroxylation sites is 1. The molecule has 0 unspecified atom stereocenters. The van der Waals surface area contributed by atoms with Crippen molar-refractivity contribution in [1.29, 1.82) is 0 Å². The van der Waals surface area contributed by atoms with Crippen molar-refractivity contribution in [2.75, 3.05) is 17.2 Å². The first-order chi connectivity index (χ1) is 13.4. The number of nitrogens with zero attached hydrogens (tertiary/aromatic N) is 1. The molecule has 0 saturated heterocycles. The highest BCUT2D eigenvalue weighted by Crippen LogP contribution is 2.36. The summed E-state index contributed by atoms with van der Waals surface area (Å²) in [7, 11) is 0. The number of hydrogen-bond acceptors (Lipinski definition) is 5. The van der Waals surface area contributed by atoms with Crippen molar-refractivity contribution in [3.05, 3.63) is 67.0 Å². The van der Waals surface area contributed by atoms with Crippen molar-refractivity contribution in [2.24, 2.45) is 0 Å². The van der Waals surface area contributed by atoms with E-state index in [1.807, 2.05) is 12.1 Å². The molecule has 6 nitrogen and oxygen atoms in total. The molecule has 2 aromatic carbocycles. The maximum absolute atomic E-state index is 12.5. The number of amides is 2. The summed E-state index contributed by atoms with van der Waals surface area (Å²) in [4.78, 5) is 28.8. The SMILES string of the molecule is O=C(COc1c(Br)cc(Br)cc1Br)Nc1ccccc1C(=O)Nc1nccs1. The Bertz CT molecular complexity index is 989. The molecule has 0 saturated carbocycles. The van der Waals surface area contributed by atoms with Crippen LogP contribution >= 0.6 is 59.1 Å². The van der Waals surface area contributed by atoms with E-state index in [-0.39, 0.29) is 12.5 Å². The second-order valence-corrected chi connectivity index (χ2v) is 8.89. The summed E-state index contributed by atoms with van der Waals surface area (Å²) < 4.78 is 7.87. The maximum Gasteiger partial charge on any atom is 0.262 e. The zero-order valence-corrected chi connectivity index (χ0v) is 19.6. The topological polar surface area (TPSA) is 80.3 Å². The van der Waals surface area contributed by atoms with Crippen LogP contribution in [0.5, 0.6) is 5.75 Å². The summed E-state index contributed by atoms with van der Waals surface area (Å²) in [6, 6.07) is 10.4. The number of aromatic nitrogens is 1. The molecule has 1 heterocycles. The molecule has 0 spiro atoms. The number of carbonyl (C=O) groups excluding carboxylic acids is 2. The van der Waals surface area contributed by atoms with Gasteiger partial charge in [-0.05, 0) is 56.1 Å². The van der Waals surface area contributed by atoms with Gasteiger partial charge in [-0.1, -0.05) is 28.1 Å². The van der Waals surface area contributed by atoms with E-state index in [4.69, 9.17) is 4.74 Å². The molecule has 3 rings (SSSR count). The Morgan fingerprint density at radius 3 is 2.46 bits per heavy atom. The van der Waals surface area contributed by atoms with Gasteiger partial charge in [0.15, 0.2) is 11.7 Å². The highest BCUT2D eigenvalue weighted by atomic mass is 79.9. The first-order valence-corrected chi connectivity index (χ1v) is 11.1. The number of anilines is 2. The monoisotopic (exact) mass is 587 g/mol. The van der Waals surface area contributed by atoms with Gasteiger partial charge in [0.2, 0.25) is 0 Å². The lowest BCUT2D eigenvalue weighted by atomic mass is 10.1. The maximum atomic E-state index is 12.5. The molecule has 3 aromatic rings. The van der Waals surface area contributed by atoms with Gasteiger partial charge in [0.25, 0.3) is 11.8 Å². The second kappa shape index (κ2) is 9.64. The van der Waals surface area contributed by atoms with Crippen LogP contribution in [0.25, 0.3) is 0 Å². The van der Waals surface area contributed by atoms with Gasteiger partial charge >= 0.3 is 0 Å². The Kier molecular flexibility index (Phi) is 7.22. The number of ether oxygens (including phenoxy) is 1. The zero-order valence-electron chi connectivity index (χ0n) is 14.0. The fourth-order valence-corrected chi connectivity index (χ4v) is 5.24. The van der Waals surface area contributed by atoms with E-state index >= 15 is 0 Å². The Hall–Kier alpha value is -1.75. The second-order valence-electron chi connectivity index (χ2n) is 5.37. The lowest BCUT2D eigenvalue weighted by Crippen LogP contribution is -2.23. The van der Waals surface area contributed by atoms with Crippen LogP contribution in [-0.4, -0.2) is 23.4 Å². The van der Waals surface area contributed by atoms with Crippen molar-refractivity contribution in [3.63, 3.8) is 0 Å². The van der Waals surface area contributed by atoms with Crippen molar-refractivity contribution in [1.82, 2.24) is 4.98 Å². The van der Waals surface area contributed by atoms with Crippen LogP contribution in [-0.2, 0) is 4.79 Å². The molecule has 0 atom stereocenters. The fourth-order valence-electron chi connectivity index (χ4n) is 2.23. The molecular formula is C18H12Br3N3O3S. The number of benzene rings is 2. The van der Waals surface area contributed by atoms with Crippen LogP contribution in [0.2, 0.25) is 0 Å². The Morgan fingerprint density at radius 2 is 1.79 bits per heavy atom. The number of halogens is 3. The third-order valence-electron chi connectivity index (χ3n) is 3.41. The predicted octanol–water partition coefficient (Wildman–Crippen LogP) is 5.70. The fraction of sp³-hybridized carbons (Fsp3) is 0.0556. The van der Waals surface area contributed by atoms with Crippen LogP contribution in [0.1, 0.15) is 10.4 Å². The van der Waals surface area contributed by atoms with Gasteiger partial charge in [-0.15, -0.1) is 11.3 Å². The highest BCUT2D eigenvalue weighted by Gasteiger charge is 2.15. The van der Waals surface area contributed by atoms with Gasteiger partial charge in [0.05, 0.1) is 20.2 Å². The van der Waals surface area contributed by atoms with Crippen molar-refractivity contribution >= 4 is 81.8 Å². The van der Waals surface area contributed by atoms with Gasteiger partial charge in [0, 0.05) is 16.0 Å². The van der Waals surface area contributed by atoms with Crippen LogP contribution in [0.4, 0.5) is 10.8 Å². The smallest absolute Gasteiger partial charge is 0.262 e. The molecule has 2 amide bonds. The van der Waals surface area contributed by atoms with Crippen molar-refractivity contribution in [2.45, 2.75) is 0 Å². The van der Waals surface area contributed by atoms with E-state index in [0.717, 1.165) is 4.47 Å². The van der Waals surface area contributed by atoms with E-state index in [0.29, 0.717) is 31.1 Å². The van der Waals surface area contributed by atoms with E-state index in [2.05, 4.69) is 63.4 Å². The standard InChI is InChI=1S/C18H12Br3N3O3S/c19-10-7-12(20)16(13(21)8-10)27-9-15(25)23-14-4-2-1-3-11(14)17(26)24-18-22-5-6-28-18/h1-8H,9H2,(H,23,25)(H,22,24,26). The molecule has 2 N–H and O–H groups in total. The number of rotatable bonds is 6. The normalized spacial score (nSPS) is 10.4. The molecule has 0 aliphatic carbocycles. The molecule has 1 aromatic heterocycles. The average molecular weight is 590 g/mol. The Labute approximate surface area is 190 Å². The first kappa shape index (κ1) is 21.0. The van der Waals surface area contributed by atoms with Gasteiger partial charge < -0.3 is 10.1 Å². The lowest BCUT2D eigenvalue weighted by molar-refractivity contribution is -0.118. The molecule has 0 aliphatic rings. The third-order valence-corrected chi connectivity index (χ3v) is 5.73. The van der Waals surface area contributed by atoms with E-state index in [9.17, 15) is 9.59 Å². The average Bonchev–Trinajstić information content (AvgIpc) is 3.14. The van der Waals surface area contributed by atoms with Crippen molar-refractivity contribution < 1.29 is 14.3 Å². The summed E-state index contributed by atoms with van der Waals surface area (Å²) in [5.41, 5.74) is 0.719. The van der Waals surface area contributed by atoms with Gasteiger partial charge in [-0.2, -0.15) is 0 Å². The summed E-state index contributed by atoms with van der Waals surface area (Å²) in [6.07, 6.45) is 1.60. The summed E-state index contributed by atoms with van der Waals surface area (Å²) in [6.45, 7) is -0.221. The predicted molar refractivity (Wildman–Crippen MR) is 120 cm³/mol. The van der Waals surface area contributed by atoms with Crippen molar-refractivity contribution in [3.8, 4) is 5.75 Å². The lowest BCUT2D eigenvalue weighted by Gasteiger charge is -2.13. The Balaban J connectivity index is 1.67. The van der Waals surface area contributed by atoms with Crippen LogP contribution in [0, 0.1) is 0 Å². The third kappa shape index (κ3) is 5.40. The summed E-state index contributed by atoms with van der Waals surface area (Å²) in [5.74, 6) is -0.241. The number of carbonyl (C=O) groups is 2. The first-order valence-electron chi connectivity index (χ1n) is 7.81. The summed E-state index contributed by atoms with van der Waals surface area (Å²) in [5, 5.41) is 7.66. The number of nitrogens with one attached hydrogen (secondary N) is 2. The van der Waals surface area contributed by atoms with Gasteiger partial charge in [-0.3, -0.25) is 14.9 Å². The quantitative estimate of drug-likeness (QED) is 0.387. The largest absolute Gasteiger partial charge is 0.481 e. The van der Waals surface area contributed by atoms with E-state index < -0.39 is 5.91 Å².